The zero-order chi connectivity index (χ0) is 14.5. The molecule has 0 aliphatic carbocycles. The van der Waals surface area contributed by atoms with Crippen LogP contribution in [0.4, 0.5) is 4.39 Å². The molecule has 3 N–H and O–H groups in total. The molecule has 1 atom stereocenters. The Bertz CT molecular complexity index is 601. The summed E-state index contributed by atoms with van der Waals surface area (Å²) in [5, 5.41) is 2.52. The number of benzene rings is 2. The fraction of sp³-hybridized carbons (Fsp3) is 0.188. The van der Waals surface area contributed by atoms with Crippen molar-refractivity contribution in [2.75, 3.05) is 7.05 Å². The van der Waals surface area contributed by atoms with Crippen LogP contribution in [0.15, 0.2) is 48.5 Å². The molecule has 3 nitrogen and oxygen atoms in total. The van der Waals surface area contributed by atoms with Crippen LogP contribution in [-0.2, 0) is 11.2 Å². The number of nitrogens with two attached hydrogens (primary N) is 1. The van der Waals surface area contributed by atoms with Crippen molar-refractivity contribution in [2.24, 2.45) is 5.73 Å². The SMILES string of the molecule is CNC(=O)C(N)Cc1ccc(-c2ccccc2F)cc1.Cl. The van der Waals surface area contributed by atoms with Crippen molar-refractivity contribution in [1.82, 2.24) is 5.32 Å². The molecule has 0 fully saturated rings. The second-order valence-corrected chi connectivity index (χ2v) is 4.60. The van der Waals surface area contributed by atoms with Gasteiger partial charge in [0.05, 0.1) is 6.04 Å². The largest absolute Gasteiger partial charge is 0.358 e. The minimum absolute atomic E-state index is 0. The molecule has 0 saturated carbocycles. The average molecular weight is 309 g/mol. The number of likely N-dealkylation sites (N-methyl/N-ethyl adjacent to an activating group) is 1. The van der Waals surface area contributed by atoms with Crippen molar-refractivity contribution >= 4 is 18.3 Å². The molecule has 0 saturated heterocycles. The Morgan fingerprint density at radius 2 is 1.81 bits per heavy atom. The molecule has 2 rings (SSSR count). The highest BCUT2D eigenvalue weighted by molar-refractivity contribution is 5.85. The molecule has 0 bridgehead atoms. The van der Waals surface area contributed by atoms with Crippen LogP contribution in [0.1, 0.15) is 5.56 Å². The minimum atomic E-state index is -0.570. The van der Waals surface area contributed by atoms with E-state index in [4.69, 9.17) is 5.73 Å². The van der Waals surface area contributed by atoms with Gasteiger partial charge in [0, 0.05) is 12.6 Å². The van der Waals surface area contributed by atoms with Crippen LogP contribution >= 0.6 is 12.4 Å². The maximum atomic E-state index is 13.7. The molecule has 112 valence electrons. The Kier molecular flexibility index (Phi) is 6.34. The standard InChI is InChI=1S/C16H17FN2O.ClH/c1-19-16(20)15(18)10-11-6-8-12(9-7-11)13-4-2-3-5-14(13)17;/h2-9,15H,10,18H2,1H3,(H,19,20);1H. The van der Waals surface area contributed by atoms with Gasteiger partial charge < -0.3 is 11.1 Å². The third-order valence-corrected chi connectivity index (χ3v) is 3.18. The Balaban J connectivity index is 0.00000220. The minimum Gasteiger partial charge on any atom is -0.358 e. The first-order valence-electron chi connectivity index (χ1n) is 6.43. The van der Waals surface area contributed by atoms with E-state index in [2.05, 4.69) is 5.32 Å². The zero-order valence-electron chi connectivity index (χ0n) is 11.7. The van der Waals surface area contributed by atoms with Crippen molar-refractivity contribution in [3.63, 3.8) is 0 Å². The third kappa shape index (κ3) is 4.28. The number of hydrogen-bond acceptors (Lipinski definition) is 2. The van der Waals surface area contributed by atoms with E-state index in [-0.39, 0.29) is 24.1 Å². The molecule has 5 heteroatoms. The highest BCUT2D eigenvalue weighted by Crippen LogP contribution is 2.22. The van der Waals surface area contributed by atoms with Crippen LogP contribution in [0.5, 0.6) is 0 Å². The first kappa shape index (κ1) is 17.1. The number of carbonyl (C=O) groups is 1. The summed E-state index contributed by atoms with van der Waals surface area (Å²) >= 11 is 0. The van der Waals surface area contributed by atoms with E-state index in [0.717, 1.165) is 11.1 Å². The summed E-state index contributed by atoms with van der Waals surface area (Å²) < 4.78 is 13.7. The van der Waals surface area contributed by atoms with E-state index in [9.17, 15) is 9.18 Å². The Hall–Kier alpha value is -1.91. The molecule has 21 heavy (non-hydrogen) atoms. The van der Waals surface area contributed by atoms with Gasteiger partial charge in [0.15, 0.2) is 0 Å². The van der Waals surface area contributed by atoms with Gasteiger partial charge in [-0.15, -0.1) is 12.4 Å². The topological polar surface area (TPSA) is 55.1 Å². The lowest BCUT2D eigenvalue weighted by molar-refractivity contribution is -0.121. The maximum absolute atomic E-state index is 13.7. The van der Waals surface area contributed by atoms with Gasteiger partial charge in [-0.05, 0) is 23.6 Å². The summed E-state index contributed by atoms with van der Waals surface area (Å²) in [4.78, 5) is 11.4. The molecule has 0 spiro atoms. The van der Waals surface area contributed by atoms with Gasteiger partial charge in [-0.2, -0.15) is 0 Å². The fourth-order valence-electron chi connectivity index (χ4n) is 2.05. The first-order valence-corrected chi connectivity index (χ1v) is 6.43. The molecular weight excluding hydrogens is 291 g/mol. The van der Waals surface area contributed by atoms with E-state index in [1.807, 2.05) is 24.3 Å². The highest BCUT2D eigenvalue weighted by Gasteiger charge is 2.12. The van der Waals surface area contributed by atoms with Crippen LogP contribution in [-0.4, -0.2) is 19.0 Å². The van der Waals surface area contributed by atoms with Crippen molar-refractivity contribution in [3.05, 3.63) is 59.9 Å². The number of carbonyl (C=O) groups excluding carboxylic acids is 1. The van der Waals surface area contributed by atoms with E-state index >= 15 is 0 Å². The van der Waals surface area contributed by atoms with Gasteiger partial charge in [-0.3, -0.25) is 4.79 Å². The summed E-state index contributed by atoms with van der Waals surface area (Å²) in [5.74, 6) is -0.439. The Morgan fingerprint density at radius 3 is 2.38 bits per heavy atom. The molecule has 1 unspecified atom stereocenters. The van der Waals surface area contributed by atoms with Gasteiger partial charge in [0.2, 0.25) is 5.91 Å². The number of hydrogen-bond donors (Lipinski definition) is 2. The second-order valence-electron chi connectivity index (χ2n) is 4.60. The van der Waals surface area contributed by atoms with Crippen LogP contribution < -0.4 is 11.1 Å². The maximum Gasteiger partial charge on any atom is 0.237 e. The summed E-state index contributed by atoms with van der Waals surface area (Å²) in [6, 6.07) is 13.5. The monoisotopic (exact) mass is 308 g/mol. The van der Waals surface area contributed by atoms with Crippen molar-refractivity contribution in [1.29, 1.82) is 0 Å². The molecule has 0 aromatic heterocycles. The van der Waals surface area contributed by atoms with Crippen molar-refractivity contribution in [2.45, 2.75) is 12.5 Å². The molecule has 0 aliphatic rings. The molecule has 0 radical (unpaired) electrons. The fourth-order valence-corrected chi connectivity index (χ4v) is 2.05. The number of amides is 1. The average Bonchev–Trinajstić information content (AvgIpc) is 2.48. The predicted molar refractivity (Wildman–Crippen MR) is 84.8 cm³/mol. The molecule has 0 aliphatic heterocycles. The smallest absolute Gasteiger partial charge is 0.237 e. The Morgan fingerprint density at radius 1 is 1.19 bits per heavy atom. The van der Waals surface area contributed by atoms with Crippen LogP contribution in [0, 0.1) is 5.82 Å². The zero-order valence-corrected chi connectivity index (χ0v) is 12.5. The quantitative estimate of drug-likeness (QED) is 0.912. The van der Waals surface area contributed by atoms with Crippen LogP contribution in [0.2, 0.25) is 0 Å². The Labute approximate surface area is 129 Å². The molecule has 2 aromatic carbocycles. The summed E-state index contributed by atoms with van der Waals surface area (Å²) in [5.41, 5.74) is 8.08. The van der Waals surface area contributed by atoms with E-state index in [1.54, 1.807) is 25.2 Å². The van der Waals surface area contributed by atoms with E-state index in [0.29, 0.717) is 12.0 Å². The molecular formula is C16H18ClFN2O. The third-order valence-electron chi connectivity index (χ3n) is 3.18. The van der Waals surface area contributed by atoms with Crippen LogP contribution in [0.25, 0.3) is 11.1 Å². The molecule has 0 heterocycles. The van der Waals surface area contributed by atoms with Gasteiger partial charge in [0.25, 0.3) is 0 Å². The number of rotatable bonds is 4. The second kappa shape index (κ2) is 7.76. The van der Waals surface area contributed by atoms with Gasteiger partial charge in [0.1, 0.15) is 5.82 Å². The molecule has 2 aromatic rings. The lowest BCUT2D eigenvalue weighted by atomic mass is 10.0. The van der Waals surface area contributed by atoms with Gasteiger partial charge in [-0.1, -0.05) is 42.5 Å². The van der Waals surface area contributed by atoms with E-state index < -0.39 is 6.04 Å². The van der Waals surface area contributed by atoms with Gasteiger partial charge in [-0.25, -0.2) is 4.39 Å². The summed E-state index contributed by atoms with van der Waals surface area (Å²) in [6.07, 6.45) is 0.456. The van der Waals surface area contributed by atoms with E-state index in [1.165, 1.54) is 6.07 Å². The van der Waals surface area contributed by atoms with Crippen molar-refractivity contribution < 1.29 is 9.18 Å². The first-order chi connectivity index (χ1) is 9.61. The highest BCUT2D eigenvalue weighted by atomic mass is 35.5. The van der Waals surface area contributed by atoms with Crippen molar-refractivity contribution in [3.8, 4) is 11.1 Å². The lowest BCUT2D eigenvalue weighted by Gasteiger charge is -2.10. The lowest BCUT2D eigenvalue weighted by Crippen LogP contribution is -2.40. The normalized spacial score (nSPS) is 11.4. The number of nitrogens with one attached hydrogen (secondary N) is 1. The predicted octanol–water partition coefficient (Wildman–Crippen LogP) is 2.53. The molecule has 1 amide bonds. The van der Waals surface area contributed by atoms with Crippen LogP contribution in [0.3, 0.4) is 0 Å². The summed E-state index contributed by atoms with van der Waals surface area (Å²) in [7, 11) is 1.56. The van der Waals surface area contributed by atoms with Gasteiger partial charge >= 0.3 is 0 Å². The summed E-state index contributed by atoms with van der Waals surface area (Å²) in [6.45, 7) is 0. The number of halogens is 2.